The van der Waals surface area contributed by atoms with Crippen LogP contribution in [0.1, 0.15) is 43.6 Å². The van der Waals surface area contributed by atoms with Crippen LogP contribution < -0.4 is 9.62 Å². The number of hydrogen-bond donors (Lipinski definition) is 1. The molecular formula is C21H31N5O3S. The van der Waals surface area contributed by atoms with Crippen LogP contribution in [0.5, 0.6) is 0 Å². The number of benzene rings is 1. The van der Waals surface area contributed by atoms with E-state index in [1.807, 2.05) is 13.2 Å². The zero-order valence-electron chi connectivity index (χ0n) is 17.6. The zero-order valence-corrected chi connectivity index (χ0v) is 18.5. The van der Waals surface area contributed by atoms with Crippen molar-refractivity contribution in [1.82, 2.24) is 19.7 Å². The summed E-state index contributed by atoms with van der Waals surface area (Å²) in [5.41, 5.74) is 1.41. The molecule has 0 spiro atoms. The van der Waals surface area contributed by atoms with Crippen LogP contribution in [0.2, 0.25) is 0 Å². The van der Waals surface area contributed by atoms with Gasteiger partial charge in [-0.1, -0.05) is 35.5 Å². The molecule has 0 amide bonds. The smallest absolute Gasteiger partial charge is 0.209 e. The van der Waals surface area contributed by atoms with E-state index < -0.39 is 10.0 Å². The number of ether oxygens (including phenoxy) is 1. The van der Waals surface area contributed by atoms with Crippen LogP contribution in [-0.4, -0.2) is 61.0 Å². The molecule has 2 heterocycles. The Morgan fingerprint density at radius 2 is 1.87 bits per heavy atom. The maximum absolute atomic E-state index is 11.9. The minimum atomic E-state index is -3.30. The van der Waals surface area contributed by atoms with Crippen molar-refractivity contribution in [1.29, 1.82) is 0 Å². The highest BCUT2D eigenvalue weighted by molar-refractivity contribution is 7.88. The first-order valence-electron chi connectivity index (χ1n) is 10.7. The lowest BCUT2D eigenvalue weighted by Crippen LogP contribution is -2.48. The number of aryl methyl sites for hydroxylation is 1. The molecule has 1 N–H and O–H groups in total. The maximum atomic E-state index is 11.9. The molecule has 1 saturated heterocycles. The van der Waals surface area contributed by atoms with E-state index in [9.17, 15) is 8.42 Å². The number of aromatic nitrogens is 3. The van der Waals surface area contributed by atoms with Crippen molar-refractivity contribution in [2.45, 2.75) is 56.2 Å². The van der Waals surface area contributed by atoms with Gasteiger partial charge in [0.25, 0.3) is 0 Å². The number of nitrogens with zero attached hydrogens (tertiary/aromatic N) is 4. The highest BCUT2D eigenvalue weighted by Crippen LogP contribution is 2.34. The highest BCUT2D eigenvalue weighted by Gasteiger charge is 2.38. The van der Waals surface area contributed by atoms with Gasteiger partial charge in [-0.2, -0.15) is 0 Å². The van der Waals surface area contributed by atoms with E-state index >= 15 is 0 Å². The van der Waals surface area contributed by atoms with Gasteiger partial charge in [0, 0.05) is 19.6 Å². The van der Waals surface area contributed by atoms with Gasteiger partial charge in [0.15, 0.2) is 5.82 Å². The van der Waals surface area contributed by atoms with Crippen molar-refractivity contribution in [3.8, 4) is 0 Å². The van der Waals surface area contributed by atoms with Gasteiger partial charge in [0.1, 0.15) is 0 Å². The van der Waals surface area contributed by atoms with Gasteiger partial charge >= 0.3 is 0 Å². The second kappa shape index (κ2) is 9.03. The molecule has 1 saturated carbocycles. The van der Waals surface area contributed by atoms with Crippen molar-refractivity contribution < 1.29 is 13.2 Å². The Bertz CT molecular complexity index is 925. The number of anilines is 1. The third kappa shape index (κ3) is 5.19. The first kappa shape index (κ1) is 21.3. The number of sulfonamides is 1. The predicted octanol–water partition coefficient (Wildman–Crippen LogP) is 2.05. The summed E-state index contributed by atoms with van der Waals surface area (Å²) in [7, 11) is -1.47. The zero-order chi connectivity index (χ0) is 21.1. The van der Waals surface area contributed by atoms with Gasteiger partial charge in [0.2, 0.25) is 10.0 Å². The van der Waals surface area contributed by atoms with Gasteiger partial charge in [-0.25, -0.2) is 13.1 Å². The SMILES string of the molecule is Cn1cc(N2CC[C@H](NS(C)(=O)=O)[C@@H]2CO[C@H]2CC[C@@H](c3ccccc3)CC2)nn1. The number of rotatable bonds is 7. The van der Waals surface area contributed by atoms with E-state index in [-0.39, 0.29) is 18.2 Å². The first-order chi connectivity index (χ1) is 14.4. The molecule has 2 aromatic rings. The van der Waals surface area contributed by atoms with Gasteiger partial charge in [-0.15, -0.1) is 5.10 Å². The number of hydrogen-bond acceptors (Lipinski definition) is 6. The molecule has 0 unspecified atom stereocenters. The minimum Gasteiger partial charge on any atom is -0.376 e. The Labute approximate surface area is 178 Å². The molecule has 30 heavy (non-hydrogen) atoms. The fourth-order valence-corrected chi connectivity index (χ4v) is 5.57. The molecule has 0 bridgehead atoms. The molecule has 0 radical (unpaired) electrons. The van der Waals surface area contributed by atoms with Crippen molar-refractivity contribution >= 4 is 15.8 Å². The monoisotopic (exact) mass is 433 g/mol. The molecule has 2 aliphatic rings. The summed E-state index contributed by atoms with van der Waals surface area (Å²) in [4.78, 5) is 2.12. The van der Waals surface area contributed by atoms with Gasteiger partial charge in [0.05, 0.1) is 31.2 Å². The van der Waals surface area contributed by atoms with Gasteiger partial charge in [-0.3, -0.25) is 4.68 Å². The van der Waals surface area contributed by atoms with E-state index in [4.69, 9.17) is 4.74 Å². The average Bonchev–Trinajstić information content (AvgIpc) is 3.32. The fraction of sp³-hybridized carbons (Fsp3) is 0.619. The molecule has 2 atom stereocenters. The van der Waals surface area contributed by atoms with Crippen molar-refractivity contribution in [2.75, 3.05) is 24.3 Å². The van der Waals surface area contributed by atoms with Crippen LogP contribution in [0.3, 0.4) is 0 Å². The summed E-state index contributed by atoms with van der Waals surface area (Å²) < 4.78 is 34.5. The van der Waals surface area contributed by atoms with Crippen LogP contribution in [0.4, 0.5) is 5.82 Å². The lowest BCUT2D eigenvalue weighted by molar-refractivity contribution is 0.0156. The van der Waals surface area contributed by atoms with Crippen molar-refractivity contribution in [3.05, 3.63) is 42.1 Å². The van der Waals surface area contributed by atoms with E-state index in [0.29, 0.717) is 12.5 Å². The molecular weight excluding hydrogens is 402 g/mol. The van der Waals surface area contributed by atoms with Crippen LogP contribution in [0.15, 0.2) is 36.5 Å². The average molecular weight is 434 g/mol. The Hall–Kier alpha value is -1.97. The van der Waals surface area contributed by atoms with Crippen molar-refractivity contribution in [2.24, 2.45) is 7.05 Å². The van der Waals surface area contributed by atoms with Crippen LogP contribution in [-0.2, 0) is 21.8 Å². The van der Waals surface area contributed by atoms with E-state index in [0.717, 1.165) is 44.5 Å². The molecule has 1 aromatic heterocycles. The standard InChI is InChI=1S/C21H31N5O3S/c1-25-14-21(22-24-25)26-13-12-19(23-30(2,27)28)20(26)15-29-18-10-8-17(9-11-18)16-6-4-3-5-7-16/h3-7,14,17-20,23H,8-13,15H2,1-2H3/t17-,18+,19-,20-/m0/s1. The predicted molar refractivity (Wildman–Crippen MR) is 116 cm³/mol. The van der Waals surface area contributed by atoms with Gasteiger partial charge in [-0.05, 0) is 43.6 Å². The third-order valence-corrected chi connectivity index (χ3v) is 6.97. The van der Waals surface area contributed by atoms with E-state index in [1.54, 1.807) is 4.68 Å². The van der Waals surface area contributed by atoms with Gasteiger partial charge < -0.3 is 9.64 Å². The maximum Gasteiger partial charge on any atom is 0.209 e. The summed E-state index contributed by atoms with van der Waals surface area (Å²) in [5.74, 6) is 1.37. The third-order valence-electron chi connectivity index (χ3n) is 6.24. The molecule has 164 valence electrons. The second-order valence-electron chi connectivity index (χ2n) is 8.51. The molecule has 1 aromatic carbocycles. The normalized spacial score (nSPS) is 27.5. The quantitative estimate of drug-likeness (QED) is 0.719. The van der Waals surface area contributed by atoms with E-state index in [1.165, 1.54) is 11.8 Å². The Balaban J connectivity index is 1.37. The molecule has 9 heteroatoms. The summed E-state index contributed by atoms with van der Waals surface area (Å²) in [6.45, 7) is 1.20. The minimum absolute atomic E-state index is 0.0942. The lowest BCUT2D eigenvalue weighted by Gasteiger charge is -2.32. The van der Waals surface area contributed by atoms with Crippen LogP contribution in [0.25, 0.3) is 0 Å². The summed E-state index contributed by atoms with van der Waals surface area (Å²) >= 11 is 0. The lowest BCUT2D eigenvalue weighted by atomic mass is 9.83. The first-order valence-corrected chi connectivity index (χ1v) is 12.5. The topological polar surface area (TPSA) is 89.3 Å². The summed E-state index contributed by atoms with van der Waals surface area (Å²) in [6, 6.07) is 10.4. The molecule has 1 aliphatic carbocycles. The molecule has 2 fully saturated rings. The Morgan fingerprint density at radius 1 is 1.13 bits per heavy atom. The van der Waals surface area contributed by atoms with Crippen molar-refractivity contribution in [3.63, 3.8) is 0 Å². The molecule has 8 nitrogen and oxygen atoms in total. The second-order valence-corrected chi connectivity index (χ2v) is 10.3. The summed E-state index contributed by atoms with van der Waals surface area (Å²) in [6.07, 6.45) is 8.31. The van der Waals surface area contributed by atoms with Crippen LogP contribution in [0, 0.1) is 0 Å². The highest BCUT2D eigenvalue weighted by atomic mass is 32.2. The Morgan fingerprint density at radius 3 is 2.50 bits per heavy atom. The molecule has 1 aliphatic heterocycles. The number of nitrogens with one attached hydrogen (secondary N) is 1. The fourth-order valence-electron chi connectivity index (χ4n) is 4.75. The summed E-state index contributed by atoms with van der Waals surface area (Å²) in [5, 5.41) is 8.25. The largest absolute Gasteiger partial charge is 0.376 e. The van der Waals surface area contributed by atoms with E-state index in [2.05, 4.69) is 50.3 Å². The van der Waals surface area contributed by atoms with Crippen LogP contribution >= 0.6 is 0 Å². The Kier molecular flexibility index (Phi) is 6.40. The molecule has 4 rings (SSSR count).